The molecule has 2 N–H and O–H groups in total. The number of nitriles is 1. The third-order valence-electron chi connectivity index (χ3n) is 5.01. The molecule has 2 aliphatic rings. The molecule has 0 bridgehead atoms. The first-order chi connectivity index (χ1) is 12.1. The normalized spacial score (nSPS) is 23.9. The predicted molar refractivity (Wildman–Crippen MR) is 91.7 cm³/mol. The summed E-state index contributed by atoms with van der Waals surface area (Å²) in [6.45, 7) is 2.17. The molecule has 1 heterocycles. The summed E-state index contributed by atoms with van der Waals surface area (Å²) >= 11 is 0. The minimum Gasteiger partial charge on any atom is -0.393 e. The average Bonchev–Trinajstić information content (AvgIpc) is 2.63. The first kappa shape index (κ1) is 17.5. The zero-order valence-corrected chi connectivity index (χ0v) is 14.1. The van der Waals surface area contributed by atoms with Crippen LogP contribution in [0.4, 0.5) is 14.9 Å². The third kappa shape index (κ3) is 4.20. The lowest BCUT2D eigenvalue weighted by molar-refractivity contribution is 0.115. The Morgan fingerprint density at radius 2 is 1.88 bits per heavy atom. The Hall–Kier alpha value is -2.33. The van der Waals surface area contributed by atoms with Crippen LogP contribution in [0.1, 0.15) is 31.2 Å². The van der Waals surface area contributed by atoms with E-state index in [1.807, 2.05) is 11.0 Å². The van der Waals surface area contributed by atoms with Gasteiger partial charge in [-0.2, -0.15) is 5.26 Å². The Morgan fingerprint density at radius 1 is 1.20 bits per heavy atom. The van der Waals surface area contributed by atoms with E-state index < -0.39 is 5.82 Å². The van der Waals surface area contributed by atoms with Gasteiger partial charge in [0.15, 0.2) is 0 Å². The SMILES string of the molecule is N#Cc1ccc(N2CCN(C(=O)NC3CCC(O)CC3)CC2)c(F)c1. The maximum absolute atomic E-state index is 14.1. The number of halogens is 1. The van der Waals surface area contributed by atoms with Gasteiger partial charge in [0.25, 0.3) is 0 Å². The number of benzene rings is 1. The number of nitrogens with zero attached hydrogens (tertiary/aromatic N) is 3. The number of aliphatic hydroxyl groups excluding tert-OH is 1. The average molecular weight is 346 g/mol. The quantitative estimate of drug-likeness (QED) is 0.856. The van der Waals surface area contributed by atoms with Crippen molar-refractivity contribution in [2.75, 3.05) is 31.1 Å². The van der Waals surface area contributed by atoms with Crippen molar-refractivity contribution < 1.29 is 14.3 Å². The number of hydrogen-bond acceptors (Lipinski definition) is 4. The molecule has 134 valence electrons. The molecule has 7 heteroatoms. The second kappa shape index (κ2) is 7.70. The van der Waals surface area contributed by atoms with Crippen molar-refractivity contribution in [2.45, 2.75) is 37.8 Å². The number of amides is 2. The summed E-state index contributed by atoms with van der Waals surface area (Å²) in [6.07, 6.45) is 2.85. The summed E-state index contributed by atoms with van der Waals surface area (Å²) in [6, 6.07) is 6.44. The highest BCUT2D eigenvalue weighted by atomic mass is 19.1. The van der Waals surface area contributed by atoms with Crippen LogP contribution in [0.3, 0.4) is 0 Å². The van der Waals surface area contributed by atoms with E-state index in [2.05, 4.69) is 5.32 Å². The molecule has 1 saturated heterocycles. The molecular weight excluding hydrogens is 323 g/mol. The van der Waals surface area contributed by atoms with Gasteiger partial charge in [-0.05, 0) is 43.9 Å². The van der Waals surface area contributed by atoms with Crippen molar-refractivity contribution in [3.8, 4) is 6.07 Å². The molecule has 1 saturated carbocycles. The Bertz CT molecular complexity index is 660. The van der Waals surface area contributed by atoms with Crippen LogP contribution in [-0.4, -0.2) is 54.4 Å². The van der Waals surface area contributed by atoms with Crippen LogP contribution < -0.4 is 10.2 Å². The highest BCUT2D eigenvalue weighted by Gasteiger charge is 2.26. The van der Waals surface area contributed by atoms with E-state index in [-0.39, 0.29) is 18.2 Å². The fraction of sp³-hybridized carbons (Fsp3) is 0.556. The van der Waals surface area contributed by atoms with Gasteiger partial charge in [0.1, 0.15) is 5.82 Å². The Kier molecular flexibility index (Phi) is 5.39. The van der Waals surface area contributed by atoms with Gasteiger partial charge in [-0.1, -0.05) is 0 Å². The van der Waals surface area contributed by atoms with Crippen molar-refractivity contribution in [1.29, 1.82) is 5.26 Å². The minimum absolute atomic E-state index is 0.0821. The summed E-state index contributed by atoms with van der Waals surface area (Å²) in [5, 5.41) is 21.4. The lowest BCUT2D eigenvalue weighted by Gasteiger charge is -2.37. The van der Waals surface area contributed by atoms with Crippen LogP contribution in [0.5, 0.6) is 0 Å². The number of nitrogens with one attached hydrogen (secondary N) is 1. The zero-order valence-electron chi connectivity index (χ0n) is 14.1. The molecule has 25 heavy (non-hydrogen) atoms. The van der Waals surface area contributed by atoms with Crippen LogP contribution in [-0.2, 0) is 0 Å². The number of hydrogen-bond donors (Lipinski definition) is 2. The van der Waals surface area contributed by atoms with E-state index >= 15 is 0 Å². The highest BCUT2D eigenvalue weighted by Crippen LogP contribution is 2.22. The van der Waals surface area contributed by atoms with Crippen molar-refractivity contribution in [3.63, 3.8) is 0 Å². The molecule has 6 nitrogen and oxygen atoms in total. The molecule has 3 rings (SSSR count). The van der Waals surface area contributed by atoms with Gasteiger partial charge >= 0.3 is 6.03 Å². The van der Waals surface area contributed by atoms with E-state index in [0.29, 0.717) is 37.4 Å². The standard InChI is InChI=1S/C18H23FN4O2/c19-16-11-13(12-20)1-6-17(16)22-7-9-23(10-8-22)18(25)21-14-2-4-15(24)5-3-14/h1,6,11,14-15,24H,2-5,7-10H2,(H,21,25). The number of aliphatic hydroxyl groups is 1. The van der Waals surface area contributed by atoms with Gasteiger partial charge in [-0.15, -0.1) is 0 Å². The number of urea groups is 1. The second-order valence-corrected chi connectivity index (χ2v) is 6.71. The first-order valence-electron chi connectivity index (χ1n) is 8.75. The van der Waals surface area contributed by atoms with Gasteiger partial charge in [0.05, 0.1) is 23.4 Å². The van der Waals surface area contributed by atoms with E-state index in [4.69, 9.17) is 5.26 Å². The van der Waals surface area contributed by atoms with Crippen molar-refractivity contribution in [2.24, 2.45) is 0 Å². The number of rotatable bonds is 2. The molecule has 0 atom stereocenters. The van der Waals surface area contributed by atoms with E-state index in [1.165, 1.54) is 6.07 Å². The van der Waals surface area contributed by atoms with E-state index in [9.17, 15) is 14.3 Å². The molecule has 1 aromatic carbocycles. The summed E-state index contributed by atoms with van der Waals surface area (Å²) in [4.78, 5) is 16.0. The lowest BCUT2D eigenvalue weighted by atomic mass is 9.93. The van der Waals surface area contributed by atoms with Crippen molar-refractivity contribution in [3.05, 3.63) is 29.6 Å². The Morgan fingerprint density at radius 3 is 2.48 bits per heavy atom. The van der Waals surface area contributed by atoms with Gasteiger partial charge in [0.2, 0.25) is 0 Å². The number of carbonyl (C=O) groups is 1. The molecule has 1 aliphatic heterocycles. The first-order valence-corrected chi connectivity index (χ1v) is 8.75. The van der Waals surface area contributed by atoms with Crippen molar-refractivity contribution in [1.82, 2.24) is 10.2 Å². The lowest BCUT2D eigenvalue weighted by Crippen LogP contribution is -2.54. The van der Waals surface area contributed by atoms with Crippen LogP contribution in [0.25, 0.3) is 0 Å². The highest BCUT2D eigenvalue weighted by molar-refractivity contribution is 5.75. The fourth-order valence-corrected chi connectivity index (χ4v) is 3.47. The topological polar surface area (TPSA) is 79.6 Å². The maximum Gasteiger partial charge on any atom is 0.317 e. The monoisotopic (exact) mass is 346 g/mol. The number of carbonyl (C=O) groups excluding carboxylic acids is 1. The summed E-state index contributed by atoms with van der Waals surface area (Å²) < 4.78 is 14.1. The molecule has 1 aromatic rings. The molecule has 1 aliphatic carbocycles. The molecular formula is C18H23FN4O2. The van der Waals surface area contributed by atoms with Gasteiger partial charge in [-0.25, -0.2) is 9.18 Å². The van der Waals surface area contributed by atoms with Crippen LogP contribution >= 0.6 is 0 Å². The smallest absolute Gasteiger partial charge is 0.317 e. The Balaban J connectivity index is 1.51. The maximum atomic E-state index is 14.1. The molecule has 0 aromatic heterocycles. The van der Waals surface area contributed by atoms with Gasteiger partial charge < -0.3 is 20.2 Å². The minimum atomic E-state index is -0.405. The second-order valence-electron chi connectivity index (χ2n) is 6.71. The summed E-state index contributed by atoms with van der Waals surface area (Å²) in [5.41, 5.74) is 0.775. The van der Waals surface area contributed by atoms with Crippen molar-refractivity contribution >= 4 is 11.7 Å². The largest absolute Gasteiger partial charge is 0.393 e. The molecule has 0 radical (unpaired) electrons. The summed E-state index contributed by atoms with van der Waals surface area (Å²) in [7, 11) is 0. The van der Waals surface area contributed by atoms with Crippen LogP contribution in [0.15, 0.2) is 18.2 Å². The van der Waals surface area contributed by atoms with E-state index in [0.717, 1.165) is 25.7 Å². The van der Waals surface area contributed by atoms with E-state index in [1.54, 1.807) is 17.0 Å². The molecule has 0 spiro atoms. The molecule has 2 amide bonds. The number of anilines is 1. The summed E-state index contributed by atoms with van der Waals surface area (Å²) in [5.74, 6) is -0.405. The fourth-order valence-electron chi connectivity index (χ4n) is 3.47. The van der Waals surface area contributed by atoms with Crippen LogP contribution in [0, 0.1) is 17.1 Å². The zero-order chi connectivity index (χ0) is 17.8. The Labute approximate surface area is 146 Å². The van der Waals surface area contributed by atoms with Gasteiger partial charge in [0, 0.05) is 32.2 Å². The van der Waals surface area contributed by atoms with Crippen LogP contribution in [0.2, 0.25) is 0 Å². The number of piperazine rings is 1. The molecule has 0 unspecified atom stereocenters. The molecule has 2 fully saturated rings. The predicted octanol–water partition coefficient (Wildman–Crippen LogP) is 1.83. The van der Waals surface area contributed by atoms with Gasteiger partial charge in [-0.3, -0.25) is 0 Å². The third-order valence-corrected chi connectivity index (χ3v) is 5.01.